The van der Waals surface area contributed by atoms with Crippen molar-refractivity contribution in [2.45, 2.75) is 45.2 Å². The van der Waals surface area contributed by atoms with Gasteiger partial charge in [0, 0.05) is 18.5 Å². The zero-order valence-electron chi connectivity index (χ0n) is 17.7. The Morgan fingerprint density at radius 1 is 1.33 bits per heavy atom. The Morgan fingerprint density at radius 2 is 2.13 bits per heavy atom. The van der Waals surface area contributed by atoms with Crippen LogP contribution >= 0.6 is 11.8 Å². The van der Waals surface area contributed by atoms with Gasteiger partial charge < -0.3 is 9.73 Å². The predicted molar refractivity (Wildman–Crippen MR) is 120 cm³/mol. The predicted octanol–water partition coefficient (Wildman–Crippen LogP) is 3.99. The molecule has 0 spiro atoms. The van der Waals surface area contributed by atoms with Crippen LogP contribution in [0.1, 0.15) is 33.6 Å². The number of pyridine rings is 1. The maximum atomic E-state index is 12.2. The number of rotatable bonds is 11. The molecule has 7 nitrogen and oxygen atoms in total. The largest absolute Gasteiger partial charge is 0.437 e. The molecular formula is C22H28N4O3S. The van der Waals surface area contributed by atoms with Crippen molar-refractivity contribution in [2.75, 3.05) is 12.3 Å². The Bertz CT molecular complexity index is 984. The molecule has 8 heteroatoms. The van der Waals surface area contributed by atoms with Crippen molar-refractivity contribution >= 4 is 17.7 Å². The SMILES string of the molecule is C=CCSc1ncccc1-c1nn(CC(=O)NCC=C(C)CCC=C(C)C)c(=O)o1. The summed E-state index contributed by atoms with van der Waals surface area (Å²) in [6.45, 7) is 10.1. The topological polar surface area (TPSA) is 90.0 Å². The summed E-state index contributed by atoms with van der Waals surface area (Å²) in [7, 11) is 0. The van der Waals surface area contributed by atoms with Crippen LogP contribution in [-0.4, -0.2) is 33.0 Å². The summed E-state index contributed by atoms with van der Waals surface area (Å²) in [5.41, 5.74) is 3.11. The van der Waals surface area contributed by atoms with Crippen LogP contribution in [0.15, 0.2) is 68.5 Å². The Balaban J connectivity index is 1.96. The summed E-state index contributed by atoms with van der Waals surface area (Å²) in [6.07, 6.45) is 9.52. The number of nitrogens with one attached hydrogen (secondary N) is 1. The first kappa shape index (κ1) is 23.4. The Kier molecular flexibility index (Phi) is 9.34. The van der Waals surface area contributed by atoms with Crippen molar-refractivity contribution in [1.29, 1.82) is 0 Å². The molecule has 0 aliphatic rings. The quantitative estimate of drug-likeness (QED) is 0.430. The van der Waals surface area contributed by atoms with Gasteiger partial charge in [0.1, 0.15) is 11.6 Å². The van der Waals surface area contributed by atoms with Gasteiger partial charge in [-0.25, -0.2) is 9.78 Å². The molecule has 0 saturated carbocycles. The summed E-state index contributed by atoms with van der Waals surface area (Å²) in [6, 6.07) is 3.52. The molecule has 160 valence electrons. The fraction of sp³-hybridized carbons (Fsp3) is 0.364. The molecule has 0 bridgehead atoms. The van der Waals surface area contributed by atoms with E-state index < -0.39 is 5.76 Å². The summed E-state index contributed by atoms with van der Waals surface area (Å²) in [4.78, 5) is 28.6. The van der Waals surface area contributed by atoms with Gasteiger partial charge in [-0.2, -0.15) is 4.68 Å². The zero-order valence-corrected chi connectivity index (χ0v) is 18.5. The summed E-state index contributed by atoms with van der Waals surface area (Å²) >= 11 is 1.46. The van der Waals surface area contributed by atoms with E-state index in [9.17, 15) is 9.59 Å². The average molecular weight is 429 g/mol. The molecule has 1 amide bonds. The van der Waals surface area contributed by atoms with E-state index >= 15 is 0 Å². The summed E-state index contributed by atoms with van der Waals surface area (Å²) in [5, 5.41) is 7.63. The second kappa shape index (κ2) is 12.0. The van der Waals surface area contributed by atoms with E-state index in [-0.39, 0.29) is 18.3 Å². The smallest absolute Gasteiger partial charge is 0.387 e. The lowest BCUT2D eigenvalue weighted by molar-refractivity contribution is -0.121. The van der Waals surface area contributed by atoms with Gasteiger partial charge in [0.25, 0.3) is 5.89 Å². The van der Waals surface area contributed by atoms with Crippen LogP contribution in [-0.2, 0) is 11.3 Å². The minimum Gasteiger partial charge on any atom is -0.387 e. The van der Waals surface area contributed by atoms with Gasteiger partial charge in [-0.15, -0.1) is 23.4 Å². The van der Waals surface area contributed by atoms with Crippen molar-refractivity contribution in [2.24, 2.45) is 0 Å². The molecular weight excluding hydrogens is 400 g/mol. The van der Waals surface area contributed by atoms with Crippen LogP contribution in [0, 0.1) is 0 Å². The molecule has 0 saturated heterocycles. The normalized spacial score (nSPS) is 11.2. The first-order valence-electron chi connectivity index (χ1n) is 9.73. The van der Waals surface area contributed by atoms with Crippen molar-refractivity contribution in [3.8, 4) is 11.5 Å². The molecule has 0 aromatic carbocycles. The third kappa shape index (κ3) is 7.51. The molecule has 1 N–H and O–H groups in total. The number of carbonyl (C=O) groups excluding carboxylic acids is 1. The van der Waals surface area contributed by atoms with Gasteiger partial charge >= 0.3 is 5.76 Å². The first-order valence-corrected chi connectivity index (χ1v) is 10.7. The van der Waals surface area contributed by atoms with E-state index in [0.29, 0.717) is 22.9 Å². The molecule has 2 aromatic rings. The first-order chi connectivity index (χ1) is 14.4. The molecule has 0 aliphatic heterocycles. The Morgan fingerprint density at radius 3 is 2.87 bits per heavy atom. The average Bonchev–Trinajstić information content (AvgIpc) is 3.06. The van der Waals surface area contributed by atoms with E-state index in [1.807, 2.05) is 13.0 Å². The van der Waals surface area contributed by atoms with Crippen molar-refractivity contribution < 1.29 is 9.21 Å². The summed E-state index contributed by atoms with van der Waals surface area (Å²) in [5.74, 6) is -0.184. The highest BCUT2D eigenvalue weighted by atomic mass is 32.2. The number of thioether (sulfide) groups is 1. The van der Waals surface area contributed by atoms with Gasteiger partial charge in [0.05, 0.1) is 5.56 Å². The van der Waals surface area contributed by atoms with Crippen LogP contribution < -0.4 is 11.1 Å². The van der Waals surface area contributed by atoms with Crippen LogP contribution in [0.3, 0.4) is 0 Å². The molecule has 0 aliphatic carbocycles. The molecule has 0 radical (unpaired) electrons. The van der Waals surface area contributed by atoms with Crippen molar-refractivity contribution in [3.63, 3.8) is 0 Å². The highest BCUT2D eigenvalue weighted by Gasteiger charge is 2.16. The molecule has 2 heterocycles. The van der Waals surface area contributed by atoms with E-state index in [1.54, 1.807) is 24.4 Å². The molecule has 0 atom stereocenters. The van der Waals surface area contributed by atoms with E-state index in [0.717, 1.165) is 17.5 Å². The van der Waals surface area contributed by atoms with Crippen LogP contribution in [0.2, 0.25) is 0 Å². The van der Waals surface area contributed by atoms with E-state index in [2.05, 4.69) is 41.9 Å². The maximum absolute atomic E-state index is 12.2. The maximum Gasteiger partial charge on any atom is 0.437 e. The lowest BCUT2D eigenvalue weighted by Gasteiger charge is -2.03. The number of hydrogen-bond donors (Lipinski definition) is 1. The van der Waals surface area contributed by atoms with Crippen molar-refractivity contribution in [1.82, 2.24) is 20.1 Å². The number of nitrogens with zero attached hydrogens (tertiary/aromatic N) is 3. The van der Waals surface area contributed by atoms with Gasteiger partial charge in [-0.1, -0.05) is 29.4 Å². The lowest BCUT2D eigenvalue weighted by Crippen LogP contribution is -2.31. The minimum atomic E-state index is -0.683. The second-order valence-corrected chi connectivity index (χ2v) is 7.97. The Hall–Kier alpha value is -2.87. The fourth-order valence-corrected chi connectivity index (χ4v) is 3.27. The number of hydrogen-bond acceptors (Lipinski definition) is 6. The lowest BCUT2D eigenvalue weighted by atomic mass is 10.1. The third-order valence-corrected chi connectivity index (χ3v) is 5.08. The van der Waals surface area contributed by atoms with Gasteiger partial charge in [-0.05, 0) is 45.7 Å². The highest BCUT2D eigenvalue weighted by molar-refractivity contribution is 7.99. The van der Waals surface area contributed by atoms with Gasteiger partial charge in [-0.3, -0.25) is 4.79 Å². The molecule has 0 unspecified atom stereocenters. The minimum absolute atomic E-state index is 0.141. The number of allylic oxidation sites excluding steroid dienone is 3. The van der Waals surface area contributed by atoms with Crippen LogP contribution in [0.5, 0.6) is 0 Å². The van der Waals surface area contributed by atoms with Crippen molar-refractivity contribution in [3.05, 3.63) is 64.8 Å². The van der Waals surface area contributed by atoms with Crippen LogP contribution in [0.4, 0.5) is 0 Å². The molecule has 2 aromatic heterocycles. The molecule has 0 fully saturated rings. The molecule has 2 rings (SSSR count). The molecule has 30 heavy (non-hydrogen) atoms. The fourth-order valence-electron chi connectivity index (χ4n) is 2.54. The number of amides is 1. The van der Waals surface area contributed by atoms with Gasteiger partial charge in [0.2, 0.25) is 5.91 Å². The van der Waals surface area contributed by atoms with Gasteiger partial charge in [0.15, 0.2) is 0 Å². The number of aromatic nitrogens is 3. The Labute approximate surface area is 181 Å². The van der Waals surface area contributed by atoms with Crippen LogP contribution in [0.25, 0.3) is 11.5 Å². The van der Waals surface area contributed by atoms with E-state index in [1.165, 1.54) is 22.9 Å². The summed E-state index contributed by atoms with van der Waals surface area (Å²) < 4.78 is 6.27. The highest BCUT2D eigenvalue weighted by Crippen LogP contribution is 2.27. The third-order valence-electron chi connectivity index (χ3n) is 4.08. The monoisotopic (exact) mass is 428 g/mol. The number of carbonyl (C=O) groups is 1. The zero-order chi connectivity index (χ0) is 21.9. The standard InChI is InChI=1S/C22H28N4O3S/c1-5-14-30-21-18(10-7-12-24-21)20-25-26(22(28)29-20)15-19(27)23-13-11-17(4)9-6-8-16(2)3/h5,7-8,10-12H,1,6,9,13-15H2,2-4H3,(H,23,27). The second-order valence-electron chi connectivity index (χ2n) is 6.96. The van der Waals surface area contributed by atoms with E-state index in [4.69, 9.17) is 4.42 Å².